The van der Waals surface area contributed by atoms with Crippen molar-refractivity contribution in [2.75, 3.05) is 0 Å². The monoisotopic (exact) mass is 358 g/mol. The smallest absolute Gasteiger partial charge is 0.0181 e. The number of halogens is 1. The van der Waals surface area contributed by atoms with Gasteiger partial charge in [-0.2, -0.15) is 0 Å². The number of benzene rings is 4. The molecule has 110 valence electrons. The molecule has 4 rings (SSSR count). The molecule has 0 saturated carbocycles. The van der Waals surface area contributed by atoms with Gasteiger partial charge in [0.15, 0.2) is 0 Å². The fourth-order valence-corrected chi connectivity index (χ4v) is 3.37. The van der Waals surface area contributed by atoms with Crippen LogP contribution < -0.4 is 0 Å². The van der Waals surface area contributed by atoms with Gasteiger partial charge in [-0.05, 0) is 51.2 Å². The number of rotatable bonds is 2. The van der Waals surface area contributed by atoms with Crippen LogP contribution in [0.3, 0.4) is 0 Å². The van der Waals surface area contributed by atoms with E-state index in [0.717, 1.165) is 4.47 Å². The molecule has 0 aliphatic rings. The van der Waals surface area contributed by atoms with Crippen LogP contribution in [0.25, 0.3) is 33.0 Å². The van der Waals surface area contributed by atoms with E-state index in [9.17, 15) is 0 Å². The first-order valence-corrected chi connectivity index (χ1v) is 8.45. The SMILES string of the molecule is Brc1ccc2cc(-c3ccccc3-c3ccccc3)ccc2c1. The molecule has 0 aromatic heterocycles. The molecule has 0 nitrogen and oxygen atoms in total. The predicted octanol–water partition coefficient (Wildman–Crippen LogP) is 6.94. The molecular weight excluding hydrogens is 344 g/mol. The van der Waals surface area contributed by atoms with Gasteiger partial charge < -0.3 is 0 Å². The van der Waals surface area contributed by atoms with Gasteiger partial charge in [0.2, 0.25) is 0 Å². The van der Waals surface area contributed by atoms with Crippen LogP contribution in [0.2, 0.25) is 0 Å². The van der Waals surface area contributed by atoms with Crippen LogP contribution in [0.5, 0.6) is 0 Å². The van der Waals surface area contributed by atoms with Crippen LogP contribution >= 0.6 is 15.9 Å². The Hall–Kier alpha value is -2.38. The molecule has 0 atom stereocenters. The van der Waals surface area contributed by atoms with Crippen LogP contribution in [-0.4, -0.2) is 0 Å². The Morgan fingerprint density at radius 1 is 0.478 bits per heavy atom. The van der Waals surface area contributed by atoms with Crippen molar-refractivity contribution in [3.63, 3.8) is 0 Å². The Kier molecular flexibility index (Phi) is 3.72. The van der Waals surface area contributed by atoms with Crippen molar-refractivity contribution in [2.24, 2.45) is 0 Å². The number of fused-ring (bicyclic) bond motifs is 1. The highest BCUT2D eigenvalue weighted by atomic mass is 79.9. The van der Waals surface area contributed by atoms with Gasteiger partial charge >= 0.3 is 0 Å². The second-order valence-electron chi connectivity index (χ2n) is 5.62. The summed E-state index contributed by atoms with van der Waals surface area (Å²) < 4.78 is 1.11. The summed E-state index contributed by atoms with van der Waals surface area (Å²) in [6.45, 7) is 0. The predicted molar refractivity (Wildman–Crippen MR) is 103 cm³/mol. The Balaban J connectivity index is 1.90. The van der Waals surface area contributed by atoms with Crippen molar-refractivity contribution in [3.8, 4) is 22.3 Å². The van der Waals surface area contributed by atoms with Gasteiger partial charge in [-0.1, -0.05) is 88.7 Å². The normalized spacial score (nSPS) is 10.8. The van der Waals surface area contributed by atoms with Crippen LogP contribution in [0, 0.1) is 0 Å². The number of hydrogen-bond donors (Lipinski definition) is 0. The van der Waals surface area contributed by atoms with Gasteiger partial charge in [0.25, 0.3) is 0 Å². The van der Waals surface area contributed by atoms with Crippen molar-refractivity contribution >= 4 is 26.7 Å². The number of hydrogen-bond acceptors (Lipinski definition) is 0. The molecule has 4 aromatic carbocycles. The molecule has 0 fully saturated rings. The average Bonchev–Trinajstić information content (AvgIpc) is 2.62. The van der Waals surface area contributed by atoms with Crippen molar-refractivity contribution < 1.29 is 0 Å². The zero-order valence-electron chi connectivity index (χ0n) is 12.5. The van der Waals surface area contributed by atoms with E-state index in [4.69, 9.17) is 0 Å². The van der Waals surface area contributed by atoms with Gasteiger partial charge in [-0.15, -0.1) is 0 Å². The third-order valence-electron chi connectivity index (χ3n) is 4.13. The van der Waals surface area contributed by atoms with E-state index >= 15 is 0 Å². The van der Waals surface area contributed by atoms with Gasteiger partial charge in [0, 0.05) is 4.47 Å². The Morgan fingerprint density at radius 3 is 1.87 bits per heavy atom. The highest BCUT2D eigenvalue weighted by Gasteiger charge is 2.07. The summed E-state index contributed by atoms with van der Waals surface area (Å²) in [5, 5.41) is 2.51. The molecule has 1 heteroatoms. The molecule has 0 spiro atoms. The van der Waals surface area contributed by atoms with Crippen LogP contribution in [0.15, 0.2) is 95.5 Å². The highest BCUT2D eigenvalue weighted by molar-refractivity contribution is 9.10. The molecule has 0 unspecified atom stereocenters. The summed E-state index contributed by atoms with van der Waals surface area (Å²) >= 11 is 3.54. The lowest BCUT2D eigenvalue weighted by Gasteiger charge is -2.11. The minimum Gasteiger partial charge on any atom is -0.0622 e. The Morgan fingerprint density at radius 2 is 1.09 bits per heavy atom. The van der Waals surface area contributed by atoms with Gasteiger partial charge in [0.05, 0.1) is 0 Å². The third kappa shape index (κ3) is 2.80. The molecule has 0 N–H and O–H groups in total. The van der Waals surface area contributed by atoms with Gasteiger partial charge in [-0.25, -0.2) is 0 Å². The zero-order valence-corrected chi connectivity index (χ0v) is 14.1. The van der Waals surface area contributed by atoms with E-state index in [0.29, 0.717) is 0 Å². The Bertz CT molecular complexity index is 971. The largest absolute Gasteiger partial charge is 0.0622 e. The summed E-state index contributed by atoms with van der Waals surface area (Å²) in [4.78, 5) is 0. The average molecular weight is 359 g/mol. The second kappa shape index (κ2) is 6.02. The van der Waals surface area contributed by atoms with Crippen molar-refractivity contribution in [1.29, 1.82) is 0 Å². The highest BCUT2D eigenvalue weighted by Crippen LogP contribution is 2.33. The van der Waals surface area contributed by atoms with Gasteiger partial charge in [0.1, 0.15) is 0 Å². The molecule has 23 heavy (non-hydrogen) atoms. The lowest BCUT2D eigenvalue weighted by Crippen LogP contribution is -1.85. The summed E-state index contributed by atoms with van der Waals surface area (Å²) in [5.41, 5.74) is 5.03. The standard InChI is InChI=1S/C22H15Br/c23-20-13-12-17-14-19(11-10-18(17)15-20)22-9-5-4-8-21(22)16-6-2-1-3-7-16/h1-15H. The van der Waals surface area contributed by atoms with E-state index in [-0.39, 0.29) is 0 Å². The first-order valence-electron chi connectivity index (χ1n) is 7.65. The second-order valence-corrected chi connectivity index (χ2v) is 6.53. The summed E-state index contributed by atoms with van der Waals surface area (Å²) in [5.74, 6) is 0. The molecule has 0 radical (unpaired) electrons. The van der Waals surface area contributed by atoms with E-state index in [1.165, 1.54) is 33.0 Å². The maximum atomic E-state index is 3.54. The van der Waals surface area contributed by atoms with E-state index in [1.54, 1.807) is 0 Å². The van der Waals surface area contributed by atoms with Crippen LogP contribution in [-0.2, 0) is 0 Å². The maximum absolute atomic E-state index is 3.54. The maximum Gasteiger partial charge on any atom is 0.0181 e. The fourth-order valence-electron chi connectivity index (χ4n) is 2.99. The molecular formula is C22H15Br. The lowest BCUT2D eigenvalue weighted by atomic mass is 9.93. The molecule has 0 bridgehead atoms. The van der Waals surface area contributed by atoms with Crippen molar-refractivity contribution in [1.82, 2.24) is 0 Å². The first kappa shape index (κ1) is 14.2. The van der Waals surface area contributed by atoms with Crippen molar-refractivity contribution in [2.45, 2.75) is 0 Å². The van der Waals surface area contributed by atoms with E-state index in [2.05, 4.69) is 107 Å². The minimum atomic E-state index is 1.11. The van der Waals surface area contributed by atoms with E-state index < -0.39 is 0 Å². The topological polar surface area (TPSA) is 0 Å². The molecule has 0 aliphatic carbocycles. The molecule has 0 amide bonds. The van der Waals surface area contributed by atoms with Crippen LogP contribution in [0.4, 0.5) is 0 Å². The Labute approximate surface area is 144 Å². The summed E-state index contributed by atoms with van der Waals surface area (Å²) in [7, 11) is 0. The summed E-state index contributed by atoms with van der Waals surface area (Å²) in [6, 6.07) is 32.2. The first-order chi connectivity index (χ1) is 11.3. The lowest BCUT2D eigenvalue weighted by molar-refractivity contribution is 1.59. The quantitative estimate of drug-likeness (QED) is 0.364. The molecule has 0 saturated heterocycles. The van der Waals surface area contributed by atoms with E-state index in [1.807, 2.05) is 0 Å². The molecule has 4 aromatic rings. The molecule has 0 aliphatic heterocycles. The van der Waals surface area contributed by atoms with Gasteiger partial charge in [-0.3, -0.25) is 0 Å². The summed E-state index contributed by atoms with van der Waals surface area (Å²) in [6.07, 6.45) is 0. The minimum absolute atomic E-state index is 1.11. The zero-order chi connectivity index (χ0) is 15.6. The van der Waals surface area contributed by atoms with Crippen LogP contribution in [0.1, 0.15) is 0 Å². The third-order valence-corrected chi connectivity index (χ3v) is 4.62. The van der Waals surface area contributed by atoms with Crippen molar-refractivity contribution in [3.05, 3.63) is 95.5 Å². The molecule has 0 heterocycles. The fraction of sp³-hybridized carbons (Fsp3) is 0.